The van der Waals surface area contributed by atoms with Gasteiger partial charge in [0.2, 0.25) is 0 Å². The lowest BCUT2D eigenvalue weighted by atomic mass is 10.0. The third-order valence-electron chi connectivity index (χ3n) is 3.72. The Bertz CT molecular complexity index is 908. The number of hydrogen-bond donors (Lipinski definition) is 0. The molecule has 0 N–H and O–H groups in total. The summed E-state index contributed by atoms with van der Waals surface area (Å²) in [7, 11) is 0. The quantitative estimate of drug-likeness (QED) is 0.534. The van der Waals surface area contributed by atoms with E-state index in [1.54, 1.807) is 29.1 Å². The molecular formula is C18H16FN3OS. The van der Waals surface area contributed by atoms with Gasteiger partial charge in [-0.25, -0.2) is 9.37 Å². The van der Waals surface area contributed by atoms with E-state index in [0.29, 0.717) is 28.5 Å². The number of rotatable bonds is 4. The van der Waals surface area contributed by atoms with Crippen LogP contribution in [-0.2, 0) is 6.54 Å². The van der Waals surface area contributed by atoms with Crippen LogP contribution < -0.4 is 5.56 Å². The first kappa shape index (κ1) is 16.4. The Morgan fingerprint density at radius 3 is 2.33 bits per heavy atom. The van der Waals surface area contributed by atoms with Crippen molar-refractivity contribution in [3.05, 3.63) is 65.0 Å². The fourth-order valence-corrected chi connectivity index (χ4v) is 3.18. The molecule has 0 radical (unpaired) electrons. The van der Waals surface area contributed by atoms with Crippen LogP contribution in [0, 0.1) is 5.82 Å². The second kappa shape index (κ2) is 6.97. The fourth-order valence-electron chi connectivity index (χ4n) is 2.57. The van der Waals surface area contributed by atoms with Crippen molar-refractivity contribution < 1.29 is 4.39 Å². The molecule has 0 saturated heterocycles. The zero-order valence-electron chi connectivity index (χ0n) is 13.4. The monoisotopic (exact) mass is 341 g/mol. The molecule has 0 aliphatic carbocycles. The first-order chi connectivity index (χ1) is 11.7. The number of hydrogen-bond acceptors (Lipinski definition) is 4. The van der Waals surface area contributed by atoms with Crippen LogP contribution in [0.2, 0.25) is 0 Å². The third-order valence-corrected chi connectivity index (χ3v) is 4.40. The highest BCUT2D eigenvalue weighted by Gasteiger charge is 2.18. The average Bonchev–Trinajstić information content (AvgIpc) is 2.62. The van der Waals surface area contributed by atoms with Gasteiger partial charge in [-0.3, -0.25) is 14.3 Å². The minimum Gasteiger partial charge on any atom is -0.287 e. The predicted molar refractivity (Wildman–Crippen MR) is 94.6 cm³/mol. The number of pyridine rings is 1. The van der Waals surface area contributed by atoms with Crippen molar-refractivity contribution in [1.82, 2.24) is 14.5 Å². The summed E-state index contributed by atoms with van der Waals surface area (Å²) in [6, 6.07) is 9.55. The van der Waals surface area contributed by atoms with E-state index in [1.807, 2.05) is 25.3 Å². The minimum atomic E-state index is -0.339. The molecule has 2 aromatic heterocycles. The van der Waals surface area contributed by atoms with Crippen molar-refractivity contribution in [1.29, 1.82) is 0 Å². The Balaban J connectivity index is 2.36. The first-order valence-electron chi connectivity index (χ1n) is 7.51. The number of halogens is 1. The van der Waals surface area contributed by atoms with E-state index in [0.717, 1.165) is 5.56 Å². The van der Waals surface area contributed by atoms with Crippen molar-refractivity contribution >= 4 is 11.8 Å². The lowest BCUT2D eigenvalue weighted by Crippen LogP contribution is -2.25. The molecule has 122 valence electrons. The Hall–Kier alpha value is -2.47. The summed E-state index contributed by atoms with van der Waals surface area (Å²) in [4.78, 5) is 21.8. The van der Waals surface area contributed by atoms with Gasteiger partial charge in [-0.2, -0.15) is 0 Å². The number of benzene rings is 1. The molecule has 0 spiro atoms. The lowest BCUT2D eigenvalue weighted by Gasteiger charge is -2.15. The number of nitrogens with zero attached hydrogens (tertiary/aromatic N) is 3. The van der Waals surface area contributed by atoms with E-state index in [-0.39, 0.29) is 11.4 Å². The number of aromatic nitrogens is 3. The molecule has 0 amide bonds. The summed E-state index contributed by atoms with van der Waals surface area (Å²) in [5, 5.41) is 0.653. The SMILES string of the molecule is CCn1c(SC)nc(-c2ccncc2)c(-c2ccc(F)cc2)c1=O. The highest BCUT2D eigenvalue weighted by molar-refractivity contribution is 7.98. The van der Waals surface area contributed by atoms with Crippen LogP contribution in [-0.4, -0.2) is 20.8 Å². The summed E-state index contributed by atoms with van der Waals surface area (Å²) in [5.41, 5.74) is 2.38. The van der Waals surface area contributed by atoms with Crippen molar-refractivity contribution in [3.8, 4) is 22.4 Å². The van der Waals surface area contributed by atoms with Gasteiger partial charge in [0.05, 0.1) is 11.3 Å². The van der Waals surface area contributed by atoms with E-state index in [9.17, 15) is 9.18 Å². The third kappa shape index (κ3) is 2.97. The molecule has 2 heterocycles. The maximum absolute atomic E-state index is 13.3. The van der Waals surface area contributed by atoms with Crippen LogP contribution in [0.4, 0.5) is 4.39 Å². The van der Waals surface area contributed by atoms with Crippen LogP contribution >= 0.6 is 11.8 Å². The van der Waals surface area contributed by atoms with Crippen molar-refractivity contribution in [3.63, 3.8) is 0 Å². The zero-order chi connectivity index (χ0) is 17.1. The van der Waals surface area contributed by atoms with Crippen LogP contribution in [0.15, 0.2) is 58.7 Å². The van der Waals surface area contributed by atoms with Crippen molar-refractivity contribution in [2.45, 2.75) is 18.6 Å². The van der Waals surface area contributed by atoms with Crippen molar-refractivity contribution in [2.75, 3.05) is 6.26 Å². The first-order valence-corrected chi connectivity index (χ1v) is 8.73. The summed E-state index contributed by atoms with van der Waals surface area (Å²) in [6.45, 7) is 2.43. The van der Waals surface area contributed by atoms with Gasteiger partial charge < -0.3 is 0 Å². The summed E-state index contributed by atoms with van der Waals surface area (Å²) in [5.74, 6) is -0.339. The zero-order valence-corrected chi connectivity index (χ0v) is 14.2. The second-order valence-electron chi connectivity index (χ2n) is 5.11. The van der Waals surface area contributed by atoms with E-state index in [1.165, 1.54) is 23.9 Å². The minimum absolute atomic E-state index is 0.129. The van der Waals surface area contributed by atoms with Gasteiger partial charge in [0.25, 0.3) is 5.56 Å². The number of thioether (sulfide) groups is 1. The van der Waals surface area contributed by atoms with Gasteiger partial charge in [-0.15, -0.1) is 0 Å². The maximum atomic E-state index is 13.3. The van der Waals surface area contributed by atoms with Crippen LogP contribution in [0.3, 0.4) is 0 Å². The molecule has 3 rings (SSSR count). The molecule has 0 atom stereocenters. The summed E-state index contributed by atoms with van der Waals surface area (Å²) in [6.07, 6.45) is 5.22. The Morgan fingerprint density at radius 2 is 1.75 bits per heavy atom. The van der Waals surface area contributed by atoms with E-state index < -0.39 is 0 Å². The molecule has 0 aliphatic rings. The van der Waals surface area contributed by atoms with Gasteiger partial charge in [0, 0.05) is 24.5 Å². The van der Waals surface area contributed by atoms with Gasteiger partial charge in [-0.1, -0.05) is 23.9 Å². The summed E-state index contributed by atoms with van der Waals surface area (Å²) < 4.78 is 14.9. The molecule has 24 heavy (non-hydrogen) atoms. The normalized spacial score (nSPS) is 10.8. The molecule has 1 aromatic carbocycles. The van der Waals surface area contributed by atoms with E-state index in [2.05, 4.69) is 4.98 Å². The topological polar surface area (TPSA) is 47.8 Å². The highest BCUT2D eigenvalue weighted by atomic mass is 32.2. The van der Waals surface area contributed by atoms with Crippen molar-refractivity contribution in [2.24, 2.45) is 0 Å². The molecule has 0 fully saturated rings. The maximum Gasteiger partial charge on any atom is 0.262 e. The van der Waals surface area contributed by atoms with Crippen LogP contribution in [0.5, 0.6) is 0 Å². The van der Waals surface area contributed by atoms with Crippen LogP contribution in [0.1, 0.15) is 6.92 Å². The lowest BCUT2D eigenvalue weighted by molar-refractivity contribution is 0.625. The van der Waals surface area contributed by atoms with Gasteiger partial charge in [0.15, 0.2) is 5.16 Å². The average molecular weight is 341 g/mol. The smallest absolute Gasteiger partial charge is 0.262 e. The van der Waals surface area contributed by atoms with Gasteiger partial charge in [0.1, 0.15) is 5.82 Å². The predicted octanol–water partition coefficient (Wildman–Crippen LogP) is 3.85. The van der Waals surface area contributed by atoms with Crippen LogP contribution in [0.25, 0.3) is 22.4 Å². The molecule has 6 heteroatoms. The molecule has 0 unspecified atom stereocenters. The molecule has 0 saturated carbocycles. The van der Waals surface area contributed by atoms with E-state index in [4.69, 9.17) is 4.98 Å². The molecular weight excluding hydrogens is 325 g/mol. The molecule has 4 nitrogen and oxygen atoms in total. The molecule has 0 aliphatic heterocycles. The molecule has 0 bridgehead atoms. The Labute approximate surface area is 143 Å². The Kier molecular flexibility index (Phi) is 4.76. The summed E-state index contributed by atoms with van der Waals surface area (Å²) >= 11 is 1.43. The fraction of sp³-hybridized carbons (Fsp3) is 0.167. The molecule has 3 aromatic rings. The van der Waals surface area contributed by atoms with Gasteiger partial charge >= 0.3 is 0 Å². The Morgan fingerprint density at radius 1 is 1.08 bits per heavy atom. The highest BCUT2D eigenvalue weighted by Crippen LogP contribution is 2.29. The second-order valence-corrected chi connectivity index (χ2v) is 5.89. The van der Waals surface area contributed by atoms with E-state index >= 15 is 0 Å². The van der Waals surface area contributed by atoms with Gasteiger partial charge in [-0.05, 0) is 43.0 Å². The largest absolute Gasteiger partial charge is 0.287 e. The standard InChI is InChI=1S/C18H16FN3OS/c1-3-22-17(23)15(12-4-6-14(19)7-5-12)16(21-18(22)24-2)13-8-10-20-11-9-13/h4-11H,3H2,1-2H3.